The van der Waals surface area contributed by atoms with Gasteiger partial charge in [0.1, 0.15) is 6.26 Å². The summed E-state index contributed by atoms with van der Waals surface area (Å²) in [5.41, 5.74) is 1.70. The summed E-state index contributed by atoms with van der Waals surface area (Å²) in [4.78, 5) is 26.8. The van der Waals surface area contributed by atoms with Crippen LogP contribution < -0.4 is 10.6 Å². The van der Waals surface area contributed by atoms with Crippen LogP contribution in [0.4, 0.5) is 0 Å². The van der Waals surface area contributed by atoms with Crippen molar-refractivity contribution < 1.29 is 14.0 Å². The number of carbonyl (C=O) groups is 2. The molecule has 1 aromatic heterocycles. The fourth-order valence-corrected chi connectivity index (χ4v) is 3.34. The lowest BCUT2D eigenvalue weighted by molar-refractivity contribution is -0.121. The Morgan fingerprint density at radius 3 is 2.63 bits per heavy atom. The van der Waals surface area contributed by atoms with Crippen LogP contribution in [0, 0.1) is 0 Å². The van der Waals surface area contributed by atoms with Crippen molar-refractivity contribution >= 4 is 11.8 Å². The van der Waals surface area contributed by atoms with Gasteiger partial charge in [-0.15, -0.1) is 0 Å². The third-order valence-corrected chi connectivity index (χ3v) is 4.82. The maximum absolute atomic E-state index is 12.6. The number of nitrogens with zero attached hydrogens (tertiary/aromatic N) is 1. The van der Waals surface area contributed by atoms with E-state index in [0.29, 0.717) is 31.6 Å². The fraction of sp³-hybridized carbons (Fsp3) is 0.429. The Bertz CT molecular complexity index is 716. The van der Waals surface area contributed by atoms with E-state index in [9.17, 15) is 9.59 Å². The minimum absolute atomic E-state index is 0.00983. The molecule has 144 valence electrons. The number of carbonyl (C=O) groups excluding carboxylic acids is 2. The smallest absolute Gasteiger partial charge is 0.257 e. The summed E-state index contributed by atoms with van der Waals surface area (Å²) in [5.74, 6) is 0.0170. The maximum atomic E-state index is 12.6. The molecular formula is C21H27N3O3. The van der Waals surface area contributed by atoms with Crippen molar-refractivity contribution in [2.45, 2.75) is 31.7 Å². The zero-order chi connectivity index (χ0) is 18.9. The number of hydrogen-bond acceptors (Lipinski definition) is 4. The van der Waals surface area contributed by atoms with Crippen LogP contribution in [-0.2, 0) is 4.79 Å². The van der Waals surface area contributed by atoms with Gasteiger partial charge in [-0.3, -0.25) is 9.59 Å². The van der Waals surface area contributed by atoms with Gasteiger partial charge in [-0.1, -0.05) is 30.3 Å². The molecule has 2 N–H and O–H groups in total. The third-order valence-electron chi connectivity index (χ3n) is 4.82. The minimum Gasteiger partial charge on any atom is -0.472 e. The van der Waals surface area contributed by atoms with Crippen LogP contribution in [0.3, 0.4) is 0 Å². The molecule has 1 fully saturated rings. The Balaban J connectivity index is 1.62. The fourth-order valence-electron chi connectivity index (χ4n) is 3.34. The van der Waals surface area contributed by atoms with E-state index in [-0.39, 0.29) is 17.9 Å². The third kappa shape index (κ3) is 5.69. The average Bonchev–Trinajstić information content (AvgIpc) is 3.23. The number of amides is 2. The molecule has 6 nitrogen and oxygen atoms in total. The molecule has 1 saturated heterocycles. The van der Waals surface area contributed by atoms with Gasteiger partial charge >= 0.3 is 0 Å². The molecule has 1 unspecified atom stereocenters. The molecular weight excluding hydrogens is 342 g/mol. The molecule has 0 bridgehead atoms. The summed E-state index contributed by atoms with van der Waals surface area (Å²) in [6, 6.07) is 11.8. The lowest BCUT2D eigenvalue weighted by Gasteiger charge is -2.22. The molecule has 1 aromatic carbocycles. The van der Waals surface area contributed by atoms with Crippen LogP contribution in [-0.4, -0.2) is 42.9 Å². The van der Waals surface area contributed by atoms with E-state index in [1.807, 2.05) is 35.2 Å². The number of nitrogens with one attached hydrogen (secondary N) is 2. The van der Waals surface area contributed by atoms with Crippen LogP contribution in [0.2, 0.25) is 0 Å². The molecule has 2 aromatic rings. The Morgan fingerprint density at radius 2 is 1.85 bits per heavy atom. The molecule has 1 atom stereocenters. The Labute approximate surface area is 159 Å². The van der Waals surface area contributed by atoms with Gasteiger partial charge in [0.2, 0.25) is 5.91 Å². The molecule has 0 aliphatic carbocycles. The molecule has 0 spiro atoms. The number of benzene rings is 1. The van der Waals surface area contributed by atoms with Gasteiger partial charge in [0.15, 0.2) is 0 Å². The van der Waals surface area contributed by atoms with E-state index < -0.39 is 0 Å². The van der Waals surface area contributed by atoms with Gasteiger partial charge in [0, 0.05) is 32.1 Å². The molecule has 0 radical (unpaired) electrons. The first-order chi connectivity index (χ1) is 13.2. The quantitative estimate of drug-likeness (QED) is 0.854. The Morgan fingerprint density at radius 1 is 1.04 bits per heavy atom. The first-order valence-corrected chi connectivity index (χ1v) is 9.60. The lowest BCUT2D eigenvalue weighted by atomic mass is 10.0. The molecule has 1 aliphatic heterocycles. The second kappa shape index (κ2) is 9.92. The van der Waals surface area contributed by atoms with Gasteiger partial charge in [0.25, 0.3) is 5.91 Å². The Hall–Kier alpha value is -2.60. The molecule has 6 heteroatoms. The molecule has 27 heavy (non-hydrogen) atoms. The standard InChI is InChI=1S/C21H27N3O3/c25-20-15-19(17-7-2-1-3-8-17)22-10-4-5-12-24(13-6-11-23-20)21(26)18-9-14-27-16-18/h1-3,7-9,14,16,19,22H,4-6,10-13,15H2,(H,23,25). The summed E-state index contributed by atoms with van der Waals surface area (Å²) in [7, 11) is 0. The highest BCUT2D eigenvalue weighted by Gasteiger charge is 2.18. The van der Waals surface area contributed by atoms with Crippen molar-refractivity contribution in [3.8, 4) is 0 Å². The van der Waals surface area contributed by atoms with Gasteiger partial charge in [-0.2, -0.15) is 0 Å². The van der Waals surface area contributed by atoms with E-state index in [1.54, 1.807) is 6.07 Å². The number of hydrogen-bond donors (Lipinski definition) is 2. The molecule has 0 saturated carbocycles. The normalized spacial score (nSPS) is 20.1. The van der Waals surface area contributed by atoms with Crippen molar-refractivity contribution in [2.24, 2.45) is 0 Å². The summed E-state index contributed by atoms with van der Waals surface area (Å²) in [6.45, 7) is 2.70. The van der Waals surface area contributed by atoms with Crippen LogP contribution >= 0.6 is 0 Å². The lowest BCUT2D eigenvalue weighted by Crippen LogP contribution is -2.35. The average molecular weight is 369 g/mol. The summed E-state index contributed by atoms with van der Waals surface area (Å²) < 4.78 is 5.03. The highest BCUT2D eigenvalue weighted by atomic mass is 16.3. The predicted octanol–water partition coefficient (Wildman–Crippen LogP) is 2.74. The minimum atomic E-state index is -0.0138. The van der Waals surface area contributed by atoms with Crippen molar-refractivity contribution in [3.05, 3.63) is 60.1 Å². The van der Waals surface area contributed by atoms with Crippen molar-refractivity contribution in [1.29, 1.82) is 0 Å². The van der Waals surface area contributed by atoms with Crippen LogP contribution in [0.25, 0.3) is 0 Å². The number of rotatable bonds is 2. The van der Waals surface area contributed by atoms with E-state index in [2.05, 4.69) is 10.6 Å². The first kappa shape index (κ1) is 19.2. The largest absolute Gasteiger partial charge is 0.472 e. The molecule has 2 amide bonds. The highest BCUT2D eigenvalue weighted by molar-refractivity contribution is 5.93. The van der Waals surface area contributed by atoms with Crippen molar-refractivity contribution in [3.63, 3.8) is 0 Å². The first-order valence-electron chi connectivity index (χ1n) is 9.60. The van der Waals surface area contributed by atoms with E-state index in [4.69, 9.17) is 4.42 Å². The molecule has 2 heterocycles. The van der Waals surface area contributed by atoms with Gasteiger partial charge < -0.3 is 20.0 Å². The van der Waals surface area contributed by atoms with Crippen LogP contribution in [0.5, 0.6) is 0 Å². The number of furan rings is 1. The molecule has 1 aliphatic rings. The zero-order valence-electron chi connectivity index (χ0n) is 15.5. The highest BCUT2D eigenvalue weighted by Crippen LogP contribution is 2.17. The van der Waals surface area contributed by atoms with Crippen molar-refractivity contribution in [1.82, 2.24) is 15.5 Å². The SMILES string of the molecule is O=C1CC(c2ccccc2)NCCCCN(C(=O)c2ccoc2)CCCN1. The van der Waals surface area contributed by atoms with Crippen LogP contribution in [0.15, 0.2) is 53.3 Å². The van der Waals surface area contributed by atoms with E-state index >= 15 is 0 Å². The van der Waals surface area contributed by atoms with Gasteiger partial charge in [-0.05, 0) is 37.4 Å². The topological polar surface area (TPSA) is 74.6 Å². The van der Waals surface area contributed by atoms with E-state index in [0.717, 1.165) is 31.4 Å². The summed E-state index contributed by atoms with van der Waals surface area (Å²) in [5, 5.41) is 6.48. The second-order valence-corrected chi connectivity index (χ2v) is 6.84. The van der Waals surface area contributed by atoms with E-state index in [1.165, 1.54) is 12.5 Å². The second-order valence-electron chi connectivity index (χ2n) is 6.84. The molecule has 3 rings (SSSR count). The summed E-state index contributed by atoms with van der Waals surface area (Å²) >= 11 is 0. The van der Waals surface area contributed by atoms with Gasteiger partial charge in [-0.25, -0.2) is 0 Å². The van der Waals surface area contributed by atoms with Crippen LogP contribution in [0.1, 0.15) is 47.6 Å². The summed E-state index contributed by atoms with van der Waals surface area (Å²) in [6.07, 6.45) is 6.01. The predicted molar refractivity (Wildman–Crippen MR) is 103 cm³/mol. The zero-order valence-corrected chi connectivity index (χ0v) is 15.5. The monoisotopic (exact) mass is 369 g/mol. The maximum Gasteiger partial charge on any atom is 0.257 e. The van der Waals surface area contributed by atoms with Gasteiger partial charge in [0.05, 0.1) is 11.8 Å². The Kier molecular flexibility index (Phi) is 7.04. The van der Waals surface area contributed by atoms with Crippen molar-refractivity contribution in [2.75, 3.05) is 26.2 Å².